The molecule has 0 radical (unpaired) electrons. The molecule has 0 spiro atoms. The van der Waals surface area contributed by atoms with Gasteiger partial charge in [0.2, 0.25) is 11.8 Å². The smallest absolute Gasteiger partial charge is 0.223 e. The Morgan fingerprint density at radius 1 is 1.33 bits per heavy atom. The van der Waals surface area contributed by atoms with Crippen molar-refractivity contribution in [2.75, 3.05) is 5.73 Å². The van der Waals surface area contributed by atoms with Crippen LogP contribution in [-0.4, -0.2) is 16.1 Å². The largest absolute Gasteiger partial charge is 0.475 e. The van der Waals surface area contributed by atoms with Gasteiger partial charge in [0.05, 0.1) is 6.10 Å². The summed E-state index contributed by atoms with van der Waals surface area (Å²) in [6, 6.07) is 1.80. The van der Waals surface area contributed by atoms with E-state index in [9.17, 15) is 0 Å². The molecule has 1 rings (SSSR count). The minimum Gasteiger partial charge on any atom is -0.475 e. The van der Waals surface area contributed by atoms with Crippen LogP contribution in [0.1, 0.15) is 32.9 Å². The van der Waals surface area contributed by atoms with Gasteiger partial charge in [0.15, 0.2) is 0 Å². The van der Waals surface area contributed by atoms with Crippen molar-refractivity contribution in [1.82, 2.24) is 9.97 Å². The number of nitrogens with two attached hydrogens (primary N) is 1. The third-order valence-corrected chi connectivity index (χ3v) is 1.97. The Kier molecular flexibility index (Phi) is 3.88. The first-order valence-electron chi connectivity index (χ1n) is 5.25. The predicted molar refractivity (Wildman–Crippen MR) is 60.7 cm³/mol. The number of aromatic nitrogens is 2. The second-order valence-corrected chi connectivity index (χ2v) is 4.26. The maximum absolute atomic E-state index is 5.66. The fraction of sp³-hybridized carbons (Fsp3) is 0.636. The number of hydrogen-bond acceptors (Lipinski definition) is 4. The highest BCUT2D eigenvalue weighted by Gasteiger charge is 2.08. The molecule has 1 aromatic heterocycles. The molecule has 1 atom stereocenters. The molecular weight excluding hydrogens is 190 g/mol. The van der Waals surface area contributed by atoms with E-state index in [1.54, 1.807) is 6.07 Å². The summed E-state index contributed by atoms with van der Waals surface area (Å²) in [7, 11) is 0. The molecule has 0 saturated heterocycles. The number of ether oxygens (including phenoxy) is 1. The number of rotatable bonds is 4. The lowest BCUT2D eigenvalue weighted by molar-refractivity contribution is 0.185. The SMILES string of the molecule is Cc1cc(OC(C)CC(C)C)nc(N)n1. The van der Waals surface area contributed by atoms with Gasteiger partial charge < -0.3 is 10.5 Å². The van der Waals surface area contributed by atoms with Gasteiger partial charge in [0, 0.05) is 11.8 Å². The van der Waals surface area contributed by atoms with Crippen LogP contribution in [0.15, 0.2) is 6.07 Å². The highest BCUT2D eigenvalue weighted by atomic mass is 16.5. The monoisotopic (exact) mass is 209 g/mol. The molecule has 4 heteroatoms. The molecule has 0 aliphatic carbocycles. The molecule has 0 bridgehead atoms. The predicted octanol–water partition coefficient (Wildman–Crippen LogP) is 2.18. The van der Waals surface area contributed by atoms with Crippen molar-refractivity contribution in [2.24, 2.45) is 5.92 Å². The minimum absolute atomic E-state index is 0.152. The summed E-state index contributed by atoms with van der Waals surface area (Å²) in [5.41, 5.74) is 6.36. The Labute approximate surface area is 90.9 Å². The molecule has 0 amide bonds. The third kappa shape index (κ3) is 4.14. The highest BCUT2D eigenvalue weighted by Crippen LogP contribution is 2.15. The van der Waals surface area contributed by atoms with Gasteiger partial charge in [-0.2, -0.15) is 4.98 Å². The first-order chi connectivity index (χ1) is 6.97. The second kappa shape index (κ2) is 4.96. The lowest BCUT2D eigenvalue weighted by Crippen LogP contribution is -2.15. The third-order valence-electron chi connectivity index (χ3n) is 1.97. The van der Waals surface area contributed by atoms with Gasteiger partial charge in [0.25, 0.3) is 0 Å². The summed E-state index contributed by atoms with van der Waals surface area (Å²) in [4.78, 5) is 8.01. The van der Waals surface area contributed by atoms with Gasteiger partial charge in [-0.1, -0.05) is 13.8 Å². The zero-order valence-corrected chi connectivity index (χ0v) is 9.82. The van der Waals surface area contributed by atoms with E-state index in [1.165, 1.54) is 0 Å². The average molecular weight is 209 g/mol. The van der Waals surface area contributed by atoms with E-state index in [0.29, 0.717) is 11.8 Å². The molecule has 15 heavy (non-hydrogen) atoms. The van der Waals surface area contributed by atoms with E-state index in [4.69, 9.17) is 10.5 Å². The maximum atomic E-state index is 5.66. The van der Waals surface area contributed by atoms with Crippen LogP contribution >= 0.6 is 0 Å². The van der Waals surface area contributed by atoms with Crippen molar-refractivity contribution < 1.29 is 4.74 Å². The quantitative estimate of drug-likeness (QED) is 0.825. The van der Waals surface area contributed by atoms with Gasteiger partial charge in [-0.05, 0) is 26.2 Å². The van der Waals surface area contributed by atoms with Crippen LogP contribution in [0.2, 0.25) is 0 Å². The lowest BCUT2D eigenvalue weighted by Gasteiger charge is -2.15. The highest BCUT2D eigenvalue weighted by molar-refractivity contribution is 5.25. The summed E-state index contributed by atoms with van der Waals surface area (Å²) in [5, 5.41) is 0. The molecule has 84 valence electrons. The first-order valence-corrected chi connectivity index (χ1v) is 5.25. The van der Waals surface area contributed by atoms with Crippen LogP contribution in [0.25, 0.3) is 0 Å². The molecule has 0 aromatic carbocycles. The first kappa shape index (κ1) is 11.8. The normalized spacial score (nSPS) is 12.9. The van der Waals surface area contributed by atoms with Gasteiger partial charge in [-0.3, -0.25) is 0 Å². The molecule has 0 aliphatic heterocycles. The molecule has 1 unspecified atom stereocenters. The van der Waals surface area contributed by atoms with E-state index in [1.807, 2.05) is 13.8 Å². The van der Waals surface area contributed by atoms with Crippen LogP contribution in [0, 0.1) is 12.8 Å². The van der Waals surface area contributed by atoms with E-state index < -0.39 is 0 Å². The molecular formula is C11H19N3O. The van der Waals surface area contributed by atoms with Crippen LogP contribution in [-0.2, 0) is 0 Å². The van der Waals surface area contributed by atoms with Gasteiger partial charge in [-0.15, -0.1) is 0 Å². The number of aryl methyl sites for hydroxylation is 1. The number of anilines is 1. The van der Waals surface area contributed by atoms with Crippen molar-refractivity contribution in [1.29, 1.82) is 0 Å². The molecule has 4 nitrogen and oxygen atoms in total. The average Bonchev–Trinajstić information content (AvgIpc) is 1.98. The van der Waals surface area contributed by atoms with Gasteiger partial charge >= 0.3 is 0 Å². The van der Waals surface area contributed by atoms with Crippen molar-refractivity contribution >= 4 is 5.95 Å². The molecule has 2 N–H and O–H groups in total. The number of nitrogen functional groups attached to an aromatic ring is 1. The molecule has 0 fully saturated rings. The van der Waals surface area contributed by atoms with Crippen molar-refractivity contribution in [3.05, 3.63) is 11.8 Å². The van der Waals surface area contributed by atoms with Crippen LogP contribution < -0.4 is 10.5 Å². The van der Waals surface area contributed by atoms with E-state index in [2.05, 4.69) is 23.8 Å². The minimum atomic E-state index is 0.152. The zero-order valence-electron chi connectivity index (χ0n) is 9.82. The molecule has 0 aliphatic rings. The lowest BCUT2D eigenvalue weighted by atomic mass is 10.1. The number of hydrogen-bond donors (Lipinski definition) is 1. The van der Waals surface area contributed by atoms with Gasteiger partial charge in [-0.25, -0.2) is 4.98 Å². The molecule has 1 aromatic rings. The molecule has 0 saturated carbocycles. The van der Waals surface area contributed by atoms with Gasteiger partial charge in [0.1, 0.15) is 0 Å². The van der Waals surface area contributed by atoms with E-state index in [0.717, 1.165) is 12.1 Å². The van der Waals surface area contributed by atoms with Crippen LogP contribution in [0.4, 0.5) is 5.95 Å². The van der Waals surface area contributed by atoms with Crippen LogP contribution in [0.3, 0.4) is 0 Å². The topological polar surface area (TPSA) is 61.0 Å². The summed E-state index contributed by atoms with van der Waals surface area (Å²) < 4.78 is 5.66. The van der Waals surface area contributed by atoms with E-state index >= 15 is 0 Å². The Morgan fingerprint density at radius 3 is 2.53 bits per heavy atom. The fourth-order valence-electron chi connectivity index (χ4n) is 1.54. The zero-order chi connectivity index (χ0) is 11.4. The Bertz CT molecular complexity index is 305. The van der Waals surface area contributed by atoms with Crippen molar-refractivity contribution in [3.8, 4) is 5.88 Å². The summed E-state index contributed by atoms with van der Waals surface area (Å²) in [6.45, 7) is 8.24. The molecule has 1 heterocycles. The second-order valence-electron chi connectivity index (χ2n) is 4.26. The Balaban J connectivity index is 2.63. The Morgan fingerprint density at radius 2 is 2.00 bits per heavy atom. The summed E-state index contributed by atoms with van der Waals surface area (Å²) in [5.74, 6) is 1.44. The van der Waals surface area contributed by atoms with Crippen molar-refractivity contribution in [2.45, 2.75) is 40.2 Å². The summed E-state index contributed by atoms with van der Waals surface area (Å²) >= 11 is 0. The summed E-state index contributed by atoms with van der Waals surface area (Å²) in [6.07, 6.45) is 1.15. The fourth-order valence-corrected chi connectivity index (χ4v) is 1.54. The van der Waals surface area contributed by atoms with Crippen LogP contribution in [0.5, 0.6) is 5.88 Å². The standard InChI is InChI=1S/C11H19N3O/c1-7(2)5-9(4)15-10-6-8(3)13-11(12)14-10/h6-7,9H,5H2,1-4H3,(H2,12,13,14). The van der Waals surface area contributed by atoms with Crippen molar-refractivity contribution in [3.63, 3.8) is 0 Å². The number of nitrogens with zero attached hydrogens (tertiary/aromatic N) is 2. The maximum Gasteiger partial charge on any atom is 0.223 e. The Hall–Kier alpha value is -1.32. The van der Waals surface area contributed by atoms with E-state index in [-0.39, 0.29) is 12.1 Å².